The van der Waals surface area contributed by atoms with E-state index in [9.17, 15) is 9.59 Å². The minimum absolute atomic E-state index is 0.0933. The largest absolute Gasteiger partial charge is 0.334 e. The first-order valence-corrected chi connectivity index (χ1v) is 6.50. The first-order valence-electron chi connectivity index (χ1n) is 6.50. The SMILES string of the molecule is C[C@@H]1C(=O)N[C@@H](C(C)(C)C)N1C(=O)c1ccccc1. The van der Waals surface area contributed by atoms with E-state index >= 15 is 0 Å². The van der Waals surface area contributed by atoms with Crippen LogP contribution in [0.2, 0.25) is 0 Å². The van der Waals surface area contributed by atoms with Crippen LogP contribution in [-0.4, -0.2) is 28.9 Å². The molecular weight excluding hydrogens is 240 g/mol. The highest BCUT2D eigenvalue weighted by molar-refractivity contribution is 5.99. The van der Waals surface area contributed by atoms with E-state index in [1.807, 2.05) is 39.0 Å². The van der Waals surface area contributed by atoms with Gasteiger partial charge >= 0.3 is 0 Å². The van der Waals surface area contributed by atoms with Crippen LogP contribution in [0, 0.1) is 5.41 Å². The number of amides is 2. The zero-order chi connectivity index (χ0) is 14.2. The number of carbonyl (C=O) groups is 2. The fraction of sp³-hybridized carbons (Fsp3) is 0.467. The van der Waals surface area contributed by atoms with E-state index in [1.165, 1.54) is 0 Å². The first-order chi connectivity index (χ1) is 8.82. The molecule has 4 nitrogen and oxygen atoms in total. The van der Waals surface area contributed by atoms with E-state index in [-0.39, 0.29) is 23.4 Å². The summed E-state index contributed by atoms with van der Waals surface area (Å²) in [4.78, 5) is 26.1. The Morgan fingerprint density at radius 2 is 1.79 bits per heavy atom. The van der Waals surface area contributed by atoms with Crippen LogP contribution in [0.4, 0.5) is 0 Å². The molecule has 0 spiro atoms. The quantitative estimate of drug-likeness (QED) is 0.840. The Balaban J connectivity index is 2.35. The van der Waals surface area contributed by atoms with Gasteiger partial charge in [-0.2, -0.15) is 0 Å². The van der Waals surface area contributed by atoms with Gasteiger partial charge in [-0.15, -0.1) is 0 Å². The van der Waals surface area contributed by atoms with Crippen LogP contribution >= 0.6 is 0 Å². The van der Waals surface area contributed by atoms with Crippen molar-refractivity contribution < 1.29 is 9.59 Å². The molecule has 1 aliphatic heterocycles. The molecule has 1 saturated heterocycles. The van der Waals surface area contributed by atoms with Crippen LogP contribution in [-0.2, 0) is 4.79 Å². The van der Waals surface area contributed by atoms with Gasteiger partial charge in [0, 0.05) is 11.0 Å². The van der Waals surface area contributed by atoms with Crippen LogP contribution in [0.5, 0.6) is 0 Å². The van der Waals surface area contributed by atoms with Crippen LogP contribution in [0.15, 0.2) is 30.3 Å². The molecule has 0 unspecified atom stereocenters. The molecule has 1 fully saturated rings. The van der Waals surface area contributed by atoms with Gasteiger partial charge in [0.1, 0.15) is 12.2 Å². The van der Waals surface area contributed by atoms with Crippen LogP contribution < -0.4 is 5.32 Å². The van der Waals surface area contributed by atoms with Gasteiger partial charge in [0.2, 0.25) is 5.91 Å². The fourth-order valence-electron chi connectivity index (χ4n) is 2.33. The summed E-state index contributed by atoms with van der Waals surface area (Å²) in [5, 5.41) is 2.91. The molecule has 1 aliphatic rings. The van der Waals surface area contributed by atoms with Gasteiger partial charge in [0.25, 0.3) is 5.91 Å². The number of benzene rings is 1. The third-order valence-corrected chi connectivity index (χ3v) is 3.43. The number of nitrogens with one attached hydrogen (secondary N) is 1. The third kappa shape index (κ3) is 2.48. The molecule has 0 bridgehead atoms. The maximum atomic E-state index is 12.6. The molecule has 1 aromatic carbocycles. The second kappa shape index (κ2) is 4.68. The van der Waals surface area contributed by atoms with Gasteiger partial charge in [-0.25, -0.2) is 0 Å². The molecule has 2 rings (SSSR count). The fourth-order valence-corrected chi connectivity index (χ4v) is 2.33. The Bertz CT molecular complexity index is 491. The summed E-state index contributed by atoms with van der Waals surface area (Å²) >= 11 is 0. The maximum absolute atomic E-state index is 12.6. The number of hydrogen-bond acceptors (Lipinski definition) is 2. The second-order valence-corrected chi connectivity index (χ2v) is 6.03. The molecule has 1 aromatic rings. The normalized spacial score (nSPS) is 23.4. The zero-order valence-electron chi connectivity index (χ0n) is 11.8. The molecule has 19 heavy (non-hydrogen) atoms. The van der Waals surface area contributed by atoms with Crippen LogP contribution in [0.3, 0.4) is 0 Å². The Kier molecular flexibility index (Phi) is 3.35. The summed E-state index contributed by atoms with van der Waals surface area (Å²) in [6.45, 7) is 7.81. The molecule has 0 aromatic heterocycles. The molecule has 102 valence electrons. The molecule has 1 N–H and O–H groups in total. The van der Waals surface area contributed by atoms with E-state index in [4.69, 9.17) is 0 Å². The van der Waals surface area contributed by atoms with E-state index in [0.29, 0.717) is 5.56 Å². The minimum Gasteiger partial charge on any atom is -0.334 e. The minimum atomic E-state index is -0.433. The molecule has 0 radical (unpaired) electrons. The first kappa shape index (κ1) is 13.6. The summed E-state index contributed by atoms with van der Waals surface area (Å²) in [7, 11) is 0. The number of nitrogens with zero attached hydrogens (tertiary/aromatic N) is 1. The van der Waals surface area contributed by atoms with Crippen LogP contribution in [0.1, 0.15) is 38.1 Å². The van der Waals surface area contributed by atoms with Crippen molar-refractivity contribution in [1.29, 1.82) is 0 Å². The monoisotopic (exact) mass is 260 g/mol. The molecule has 0 saturated carbocycles. The molecule has 4 heteroatoms. The average molecular weight is 260 g/mol. The standard InChI is InChI=1S/C15H20N2O2/c1-10-12(18)16-14(15(2,3)4)17(10)13(19)11-8-6-5-7-9-11/h5-10,14H,1-4H3,(H,16,18)/t10-,14-/m1/s1. The van der Waals surface area contributed by atoms with Gasteiger partial charge in [0.15, 0.2) is 0 Å². The lowest BCUT2D eigenvalue weighted by Gasteiger charge is -2.35. The molecule has 0 aliphatic carbocycles. The Morgan fingerprint density at radius 1 is 1.21 bits per heavy atom. The highest BCUT2D eigenvalue weighted by Gasteiger charge is 2.45. The Morgan fingerprint density at radius 3 is 2.32 bits per heavy atom. The van der Waals surface area contributed by atoms with Crippen molar-refractivity contribution in [3.05, 3.63) is 35.9 Å². The number of hydrogen-bond donors (Lipinski definition) is 1. The second-order valence-electron chi connectivity index (χ2n) is 6.03. The molecule has 1 heterocycles. The summed E-state index contributed by atoms with van der Waals surface area (Å²) < 4.78 is 0. The van der Waals surface area contributed by atoms with Crippen molar-refractivity contribution >= 4 is 11.8 Å². The predicted octanol–water partition coefficient (Wildman–Crippen LogP) is 2.02. The van der Waals surface area contributed by atoms with Crippen LogP contribution in [0.25, 0.3) is 0 Å². The number of carbonyl (C=O) groups excluding carboxylic acids is 2. The molecule has 2 atom stereocenters. The van der Waals surface area contributed by atoms with E-state index in [1.54, 1.807) is 24.0 Å². The van der Waals surface area contributed by atoms with Gasteiger partial charge in [-0.3, -0.25) is 9.59 Å². The lowest BCUT2D eigenvalue weighted by Crippen LogP contribution is -2.50. The Hall–Kier alpha value is -1.84. The van der Waals surface area contributed by atoms with E-state index in [2.05, 4.69) is 5.32 Å². The number of rotatable bonds is 1. The summed E-state index contributed by atoms with van der Waals surface area (Å²) in [5.74, 6) is -0.199. The topological polar surface area (TPSA) is 49.4 Å². The van der Waals surface area contributed by atoms with Gasteiger partial charge < -0.3 is 10.2 Å². The third-order valence-electron chi connectivity index (χ3n) is 3.43. The van der Waals surface area contributed by atoms with E-state index in [0.717, 1.165) is 0 Å². The Labute approximate surface area is 113 Å². The summed E-state index contributed by atoms with van der Waals surface area (Å²) in [6.07, 6.45) is -0.275. The van der Waals surface area contributed by atoms with Gasteiger partial charge in [0.05, 0.1) is 0 Å². The van der Waals surface area contributed by atoms with Crippen molar-refractivity contribution in [2.75, 3.05) is 0 Å². The average Bonchev–Trinajstić information content (AvgIpc) is 2.66. The van der Waals surface area contributed by atoms with Crippen molar-refractivity contribution in [2.45, 2.75) is 39.9 Å². The molecule has 2 amide bonds. The van der Waals surface area contributed by atoms with Crippen molar-refractivity contribution in [1.82, 2.24) is 10.2 Å². The summed E-state index contributed by atoms with van der Waals surface area (Å²) in [5.41, 5.74) is 0.408. The van der Waals surface area contributed by atoms with Gasteiger partial charge in [-0.1, -0.05) is 39.0 Å². The summed E-state index contributed by atoms with van der Waals surface area (Å²) in [6, 6.07) is 8.64. The van der Waals surface area contributed by atoms with Crippen molar-refractivity contribution in [2.24, 2.45) is 5.41 Å². The lowest BCUT2D eigenvalue weighted by atomic mass is 9.91. The molecular formula is C15H20N2O2. The van der Waals surface area contributed by atoms with Gasteiger partial charge in [-0.05, 0) is 19.1 Å². The predicted molar refractivity (Wildman–Crippen MR) is 73.5 cm³/mol. The van der Waals surface area contributed by atoms with E-state index < -0.39 is 6.04 Å². The highest BCUT2D eigenvalue weighted by atomic mass is 16.2. The highest BCUT2D eigenvalue weighted by Crippen LogP contribution is 2.29. The van der Waals surface area contributed by atoms with Crippen molar-refractivity contribution in [3.63, 3.8) is 0 Å². The lowest BCUT2D eigenvalue weighted by molar-refractivity contribution is -0.121. The van der Waals surface area contributed by atoms with Crippen molar-refractivity contribution in [3.8, 4) is 0 Å². The zero-order valence-corrected chi connectivity index (χ0v) is 11.8. The smallest absolute Gasteiger partial charge is 0.256 e. The maximum Gasteiger partial charge on any atom is 0.256 e.